The molecule has 0 atom stereocenters. The first-order chi connectivity index (χ1) is 14.0. The summed E-state index contributed by atoms with van der Waals surface area (Å²) < 4.78 is 21.2. The van der Waals surface area contributed by atoms with Gasteiger partial charge in [-0.05, 0) is 49.2 Å². The van der Waals surface area contributed by atoms with Crippen LogP contribution in [0.5, 0.6) is 5.75 Å². The van der Waals surface area contributed by atoms with Crippen LogP contribution in [-0.4, -0.2) is 31.6 Å². The van der Waals surface area contributed by atoms with Crippen molar-refractivity contribution in [2.24, 2.45) is 0 Å². The Morgan fingerprint density at radius 1 is 1.17 bits per heavy atom. The molecular formula is C23H24O6. The van der Waals surface area contributed by atoms with Gasteiger partial charge in [-0.1, -0.05) is 24.3 Å². The van der Waals surface area contributed by atoms with Crippen LogP contribution in [0.3, 0.4) is 0 Å². The third kappa shape index (κ3) is 5.45. The second-order valence-corrected chi connectivity index (χ2v) is 6.92. The van der Waals surface area contributed by atoms with Gasteiger partial charge in [0.25, 0.3) is 0 Å². The highest BCUT2D eigenvalue weighted by atomic mass is 16.6. The molecule has 152 valence electrons. The van der Waals surface area contributed by atoms with E-state index in [9.17, 15) is 9.59 Å². The van der Waals surface area contributed by atoms with Gasteiger partial charge in [0.2, 0.25) is 5.78 Å². The van der Waals surface area contributed by atoms with Crippen molar-refractivity contribution < 1.29 is 28.5 Å². The average Bonchev–Trinajstić information content (AvgIpc) is 2.70. The van der Waals surface area contributed by atoms with Gasteiger partial charge < -0.3 is 18.9 Å². The fraction of sp³-hybridized carbons (Fsp3) is 0.304. The van der Waals surface area contributed by atoms with E-state index in [-0.39, 0.29) is 25.1 Å². The van der Waals surface area contributed by atoms with Crippen molar-refractivity contribution in [3.63, 3.8) is 0 Å². The minimum Gasteiger partial charge on any atom is -0.497 e. The molecule has 0 saturated heterocycles. The zero-order valence-corrected chi connectivity index (χ0v) is 16.8. The molecule has 6 heteroatoms. The number of allylic oxidation sites excluding steroid dienone is 1. The number of hydrogen-bond acceptors (Lipinski definition) is 6. The van der Waals surface area contributed by atoms with Crippen molar-refractivity contribution in [3.05, 3.63) is 70.5 Å². The van der Waals surface area contributed by atoms with Crippen molar-refractivity contribution in [3.8, 4) is 5.75 Å². The third-order valence-corrected chi connectivity index (χ3v) is 4.29. The maximum absolute atomic E-state index is 12.8. The highest BCUT2D eigenvalue weighted by Crippen LogP contribution is 2.26. The Morgan fingerprint density at radius 3 is 2.62 bits per heavy atom. The summed E-state index contributed by atoms with van der Waals surface area (Å²) in [5, 5.41) is 0. The van der Waals surface area contributed by atoms with E-state index >= 15 is 0 Å². The van der Waals surface area contributed by atoms with Crippen LogP contribution in [-0.2, 0) is 32.2 Å². The zero-order chi connectivity index (χ0) is 20.8. The summed E-state index contributed by atoms with van der Waals surface area (Å²) in [4.78, 5) is 24.3. The first kappa shape index (κ1) is 20.6. The molecule has 0 bridgehead atoms. The van der Waals surface area contributed by atoms with Crippen LogP contribution in [0, 0.1) is 0 Å². The Balaban J connectivity index is 1.64. The molecule has 2 aromatic rings. The smallest absolute Gasteiger partial charge is 0.332 e. The molecule has 0 spiro atoms. The van der Waals surface area contributed by atoms with E-state index in [1.165, 1.54) is 0 Å². The van der Waals surface area contributed by atoms with Crippen LogP contribution in [0.4, 0.5) is 0 Å². The van der Waals surface area contributed by atoms with Gasteiger partial charge in [-0.3, -0.25) is 4.79 Å². The largest absolute Gasteiger partial charge is 0.497 e. The number of esters is 1. The highest BCUT2D eigenvalue weighted by molar-refractivity contribution is 6.11. The number of methoxy groups -OCH3 is 1. The molecule has 0 saturated carbocycles. The Kier molecular flexibility index (Phi) is 6.67. The monoisotopic (exact) mass is 396 g/mol. The van der Waals surface area contributed by atoms with Crippen molar-refractivity contribution in [1.29, 1.82) is 0 Å². The number of fused-ring (bicyclic) bond motifs is 1. The zero-order valence-electron chi connectivity index (χ0n) is 16.8. The first-order valence-electron chi connectivity index (χ1n) is 9.38. The number of ketones is 1. The topological polar surface area (TPSA) is 71.1 Å². The van der Waals surface area contributed by atoms with Gasteiger partial charge in [-0.2, -0.15) is 0 Å². The maximum atomic E-state index is 12.8. The van der Waals surface area contributed by atoms with E-state index in [0.29, 0.717) is 17.9 Å². The van der Waals surface area contributed by atoms with Gasteiger partial charge >= 0.3 is 5.97 Å². The lowest BCUT2D eigenvalue weighted by atomic mass is 9.97. The van der Waals surface area contributed by atoms with E-state index in [0.717, 1.165) is 22.4 Å². The molecule has 2 aromatic carbocycles. The van der Waals surface area contributed by atoms with Crippen LogP contribution in [0.25, 0.3) is 6.08 Å². The molecule has 0 amide bonds. The SMILES string of the molecule is COc1ccc(/C=C2\OCc3cc(COCC(=O)OC(C)C)ccc3C2=O)cc1. The van der Waals surface area contributed by atoms with Gasteiger partial charge in [0.1, 0.15) is 19.0 Å². The highest BCUT2D eigenvalue weighted by Gasteiger charge is 2.23. The van der Waals surface area contributed by atoms with E-state index in [2.05, 4.69) is 0 Å². The van der Waals surface area contributed by atoms with Crippen LogP contribution in [0.2, 0.25) is 0 Å². The second-order valence-electron chi connectivity index (χ2n) is 6.92. The third-order valence-electron chi connectivity index (χ3n) is 4.29. The molecule has 3 rings (SSSR count). The number of Topliss-reactive ketones (excluding diaryl/α,β-unsaturated/α-hetero) is 1. The summed E-state index contributed by atoms with van der Waals surface area (Å²) in [5.41, 5.74) is 3.13. The molecule has 1 heterocycles. The summed E-state index contributed by atoms with van der Waals surface area (Å²) in [5.74, 6) is 0.503. The van der Waals surface area contributed by atoms with Crippen LogP contribution in [0.1, 0.15) is 40.9 Å². The summed E-state index contributed by atoms with van der Waals surface area (Å²) >= 11 is 0. The van der Waals surface area contributed by atoms with Gasteiger partial charge in [0.05, 0.1) is 19.8 Å². The Hall–Kier alpha value is -3.12. The van der Waals surface area contributed by atoms with Crippen LogP contribution in [0.15, 0.2) is 48.2 Å². The Labute approximate surface area is 170 Å². The molecule has 1 aliphatic rings. The van der Waals surface area contributed by atoms with Gasteiger partial charge in [0.15, 0.2) is 5.76 Å². The van der Waals surface area contributed by atoms with E-state index < -0.39 is 5.97 Å². The second kappa shape index (κ2) is 9.39. The quantitative estimate of drug-likeness (QED) is 0.522. The number of carbonyl (C=O) groups is 2. The number of rotatable bonds is 7. The molecule has 0 aliphatic carbocycles. The number of benzene rings is 2. The number of hydrogen-bond donors (Lipinski definition) is 0. The summed E-state index contributed by atoms with van der Waals surface area (Å²) in [6.07, 6.45) is 1.56. The van der Waals surface area contributed by atoms with Crippen molar-refractivity contribution in [2.45, 2.75) is 33.2 Å². The molecular weight excluding hydrogens is 372 g/mol. The lowest BCUT2D eigenvalue weighted by Gasteiger charge is -2.20. The predicted molar refractivity (Wildman–Crippen MR) is 107 cm³/mol. The van der Waals surface area contributed by atoms with Crippen LogP contribution >= 0.6 is 0 Å². The molecule has 6 nitrogen and oxygen atoms in total. The Morgan fingerprint density at radius 2 is 1.93 bits per heavy atom. The molecule has 1 aliphatic heterocycles. The van der Waals surface area contributed by atoms with Crippen molar-refractivity contribution >= 4 is 17.8 Å². The molecule has 0 N–H and O–H groups in total. The summed E-state index contributed by atoms with van der Waals surface area (Å²) in [6, 6.07) is 12.8. The van der Waals surface area contributed by atoms with Gasteiger partial charge in [-0.25, -0.2) is 4.79 Å². The van der Waals surface area contributed by atoms with Crippen molar-refractivity contribution in [2.75, 3.05) is 13.7 Å². The lowest BCUT2D eigenvalue weighted by molar-refractivity contribution is -0.153. The molecule has 0 fully saturated rings. The standard InChI is InChI=1S/C23H24O6/c1-15(2)29-22(24)14-27-12-17-6-9-20-18(10-17)13-28-21(23(20)25)11-16-4-7-19(26-3)8-5-16/h4-11,15H,12-14H2,1-3H3/b21-11-. The van der Waals surface area contributed by atoms with E-state index in [1.54, 1.807) is 33.1 Å². The van der Waals surface area contributed by atoms with Gasteiger partial charge in [0, 0.05) is 11.1 Å². The van der Waals surface area contributed by atoms with Gasteiger partial charge in [-0.15, -0.1) is 0 Å². The molecule has 29 heavy (non-hydrogen) atoms. The average molecular weight is 396 g/mol. The Bertz CT molecular complexity index is 911. The normalized spacial score (nSPS) is 14.5. The van der Waals surface area contributed by atoms with E-state index in [1.807, 2.05) is 36.4 Å². The molecule has 0 aromatic heterocycles. The first-order valence-corrected chi connectivity index (χ1v) is 9.38. The van der Waals surface area contributed by atoms with E-state index in [4.69, 9.17) is 18.9 Å². The molecule has 0 radical (unpaired) electrons. The van der Waals surface area contributed by atoms with Crippen LogP contribution < -0.4 is 4.74 Å². The lowest BCUT2D eigenvalue weighted by Crippen LogP contribution is -2.18. The fourth-order valence-corrected chi connectivity index (χ4v) is 2.94. The minimum absolute atomic E-state index is 0.112. The predicted octanol–water partition coefficient (Wildman–Crippen LogP) is 3.92. The fourth-order valence-electron chi connectivity index (χ4n) is 2.94. The number of carbonyl (C=O) groups excluding carboxylic acids is 2. The maximum Gasteiger partial charge on any atom is 0.332 e. The molecule has 0 unspecified atom stereocenters. The number of ether oxygens (including phenoxy) is 4. The summed E-state index contributed by atoms with van der Waals surface area (Å²) in [7, 11) is 1.61. The minimum atomic E-state index is -0.398. The van der Waals surface area contributed by atoms with Crippen molar-refractivity contribution in [1.82, 2.24) is 0 Å². The summed E-state index contributed by atoms with van der Waals surface area (Å²) in [6.45, 7) is 4.01.